The summed E-state index contributed by atoms with van der Waals surface area (Å²) in [5.41, 5.74) is 1.98. The molecule has 0 aliphatic carbocycles. The quantitative estimate of drug-likeness (QED) is 0.871. The summed E-state index contributed by atoms with van der Waals surface area (Å²) < 4.78 is 13.8. The number of nitrogens with zero attached hydrogens (tertiary/aromatic N) is 4. The summed E-state index contributed by atoms with van der Waals surface area (Å²) in [6.07, 6.45) is 2.41. The topological polar surface area (TPSA) is 60.2 Å². The Morgan fingerprint density at radius 2 is 2.12 bits per heavy atom. The summed E-state index contributed by atoms with van der Waals surface area (Å²) >= 11 is 0. The lowest BCUT2D eigenvalue weighted by Gasteiger charge is -2.37. The SMILES string of the molecule is CCCN1CCN(C(=O)c2ccnc(C#N)c2)c2cc(F)ccc21. The maximum absolute atomic E-state index is 13.8. The zero-order chi connectivity index (χ0) is 17.1. The number of aromatic nitrogens is 1. The molecule has 2 aromatic rings. The molecule has 1 amide bonds. The van der Waals surface area contributed by atoms with Crippen molar-refractivity contribution in [3.8, 4) is 6.07 Å². The molecular formula is C18H17FN4O. The minimum absolute atomic E-state index is 0.185. The average Bonchev–Trinajstić information content (AvgIpc) is 2.61. The fraction of sp³-hybridized carbons (Fsp3) is 0.278. The van der Waals surface area contributed by atoms with E-state index in [1.54, 1.807) is 17.0 Å². The van der Waals surface area contributed by atoms with Crippen molar-refractivity contribution in [2.24, 2.45) is 0 Å². The highest BCUT2D eigenvalue weighted by molar-refractivity contribution is 6.08. The predicted molar refractivity (Wildman–Crippen MR) is 89.5 cm³/mol. The Balaban J connectivity index is 1.99. The van der Waals surface area contributed by atoms with Crippen LogP contribution in [0.3, 0.4) is 0 Å². The number of rotatable bonds is 3. The van der Waals surface area contributed by atoms with Gasteiger partial charge in [0.2, 0.25) is 0 Å². The van der Waals surface area contributed by atoms with Crippen LogP contribution in [-0.2, 0) is 0 Å². The molecule has 0 unspecified atom stereocenters. The van der Waals surface area contributed by atoms with E-state index in [2.05, 4.69) is 16.8 Å². The number of benzene rings is 1. The Hall–Kier alpha value is -2.94. The van der Waals surface area contributed by atoms with Gasteiger partial charge in [-0.05, 0) is 36.8 Å². The molecule has 24 heavy (non-hydrogen) atoms. The minimum atomic E-state index is -0.377. The molecule has 0 bridgehead atoms. The van der Waals surface area contributed by atoms with Gasteiger partial charge in [-0.15, -0.1) is 0 Å². The van der Waals surface area contributed by atoms with Crippen molar-refractivity contribution in [3.63, 3.8) is 0 Å². The maximum Gasteiger partial charge on any atom is 0.258 e. The van der Waals surface area contributed by atoms with Gasteiger partial charge in [-0.3, -0.25) is 4.79 Å². The minimum Gasteiger partial charge on any atom is -0.368 e. The molecule has 0 saturated heterocycles. The molecule has 1 aromatic heterocycles. The molecule has 0 fully saturated rings. The second kappa shape index (κ2) is 6.67. The molecule has 3 rings (SSSR count). The lowest BCUT2D eigenvalue weighted by molar-refractivity contribution is 0.0986. The van der Waals surface area contributed by atoms with Gasteiger partial charge in [0.05, 0.1) is 11.4 Å². The van der Waals surface area contributed by atoms with Crippen LogP contribution in [-0.4, -0.2) is 30.5 Å². The molecule has 0 N–H and O–H groups in total. The Morgan fingerprint density at radius 1 is 1.29 bits per heavy atom. The number of amides is 1. The lowest BCUT2D eigenvalue weighted by Crippen LogP contribution is -2.44. The molecule has 6 heteroatoms. The number of hydrogen-bond donors (Lipinski definition) is 0. The van der Waals surface area contributed by atoms with Crippen LogP contribution in [0.25, 0.3) is 0 Å². The number of hydrogen-bond acceptors (Lipinski definition) is 4. The zero-order valence-corrected chi connectivity index (χ0v) is 13.4. The number of nitriles is 1. The number of anilines is 2. The van der Waals surface area contributed by atoms with Crippen molar-refractivity contribution in [1.82, 2.24) is 4.98 Å². The van der Waals surface area contributed by atoms with Gasteiger partial charge < -0.3 is 9.80 Å². The van der Waals surface area contributed by atoms with E-state index in [1.165, 1.54) is 24.4 Å². The Labute approximate surface area is 139 Å². The van der Waals surface area contributed by atoms with E-state index in [0.717, 1.165) is 18.7 Å². The molecule has 0 atom stereocenters. The van der Waals surface area contributed by atoms with Crippen molar-refractivity contribution >= 4 is 17.3 Å². The third-order valence-electron chi connectivity index (χ3n) is 4.02. The number of carbonyl (C=O) groups is 1. The number of halogens is 1. The fourth-order valence-electron chi connectivity index (χ4n) is 2.94. The van der Waals surface area contributed by atoms with E-state index in [1.807, 2.05) is 6.07 Å². The summed E-state index contributed by atoms with van der Waals surface area (Å²) in [5, 5.41) is 8.95. The Morgan fingerprint density at radius 3 is 2.88 bits per heavy atom. The number of fused-ring (bicyclic) bond motifs is 1. The molecule has 1 aliphatic heterocycles. The van der Waals surface area contributed by atoms with Gasteiger partial charge in [0.15, 0.2) is 0 Å². The van der Waals surface area contributed by atoms with E-state index >= 15 is 0 Å². The second-order valence-corrected chi connectivity index (χ2v) is 5.62. The number of pyridine rings is 1. The van der Waals surface area contributed by atoms with Gasteiger partial charge in [-0.1, -0.05) is 6.92 Å². The molecule has 122 valence electrons. The van der Waals surface area contributed by atoms with Crippen molar-refractivity contribution in [3.05, 3.63) is 53.6 Å². The molecule has 2 heterocycles. The van der Waals surface area contributed by atoms with E-state index in [0.29, 0.717) is 24.3 Å². The van der Waals surface area contributed by atoms with Crippen LogP contribution in [0.15, 0.2) is 36.5 Å². The first-order valence-corrected chi connectivity index (χ1v) is 7.86. The molecule has 0 spiro atoms. The molecule has 1 aliphatic rings. The van der Waals surface area contributed by atoms with Gasteiger partial charge in [-0.25, -0.2) is 9.37 Å². The Bertz CT molecular complexity index is 815. The lowest BCUT2D eigenvalue weighted by atomic mass is 10.1. The van der Waals surface area contributed by atoms with Crippen LogP contribution in [0.5, 0.6) is 0 Å². The monoisotopic (exact) mass is 324 g/mol. The van der Waals surface area contributed by atoms with Crippen LogP contribution in [0.1, 0.15) is 29.4 Å². The van der Waals surface area contributed by atoms with Gasteiger partial charge in [0.25, 0.3) is 5.91 Å². The van der Waals surface area contributed by atoms with Crippen molar-refractivity contribution in [1.29, 1.82) is 5.26 Å². The third kappa shape index (κ3) is 2.93. The zero-order valence-electron chi connectivity index (χ0n) is 13.4. The first-order chi connectivity index (χ1) is 11.6. The van der Waals surface area contributed by atoms with Crippen molar-refractivity contribution in [2.75, 3.05) is 29.4 Å². The predicted octanol–water partition coefficient (Wildman–Crippen LogP) is 2.97. The second-order valence-electron chi connectivity index (χ2n) is 5.62. The summed E-state index contributed by atoms with van der Waals surface area (Å²) in [6.45, 7) is 4.10. The first kappa shape index (κ1) is 15.9. The van der Waals surface area contributed by atoms with Crippen molar-refractivity contribution < 1.29 is 9.18 Å². The van der Waals surface area contributed by atoms with Crippen LogP contribution >= 0.6 is 0 Å². The van der Waals surface area contributed by atoms with E-state index < -0.39 is 0 Å². The van der Waals surface area contributed by atoms with E-state index in [9.17, 15) is 9.18 Å². The van der Waals surface area contributed by atoms with Crippen molar-refractivity contribution in [2.45, 2.75) is 13.3 Å². The molecule has 0 saturated carbocycles. The highest BCUT2D eigenvalue weighted by atomic mass is 19.1. The molecular weight excluding hydrogens is 307 g/mol. The van der Waals surface area contributed by atoms with Gasteiger partial charge in [0.1, 0.15) is 17.6 Å². The normalized spacial score (nSPS) is 13.4. The summed E-state index contributed by atoms with van der Waals surface area (Å²) in [4.78, 5) is 20.5. The van der Waals surface area contributed by atoms with Crippen LogP contribution in [0.4, 0.5) is 15.8 Å². The van der Waals surface area contributed by atoms with Gasteiger partial charge in [0, 0.05) is 31.4 Å². The van der Waals surface area contributed by atoms with Gasteiger partial charge >= 0.3 is 0 Å². The van der Waals surface area contributed by atoms with Gasteiger partial charge in [-0.2, -0.15) is 5.26 Å². The van der Waals surface area contributed by atoms with Crippen LogP contribution in [0, 0.1) is 17.1 Å². The summed E-state index contributed by atoms with van der Waals surface area (Å²) in [6, 6.07) is 9.47. The first-order valence-electron chi connectivity index (χ1n) is 7.86. The molecule has 0 radical (unpaired) electrons. The Kier molecular flexibility index (Phi) is 4.43. The third-order valence-corrected chi connectivity index (χ3v) is 4.02. The average molecular weight is 324 g/mol. The smallest absolute Gasteiger partial charge is 0.258 e. The van der Waals surface area contributed by atoms with E-state index in [4.69, 9.17) is 5.26 Å². The standard InChI is InChI=1S/C18H17FN4O/c1-2-7-22-8-9-23(17-11-14(19)3-4-16(17)22)18(24)13-5-6-21-15(10-13)12-20/h3-6,10-11H,2,7-9H2,1H3. The summed E-state index contributed by atoms with van der Waals surface area (Å²) in [7, 11) is 0. The number of carbonyl (C=O) groups excluding carboxylic acids is 1. The van der Waals surface area contributed by atoms with E-state index in [-0.39, 0.29) is 17.4 Å². The molecule has 5 nitrogen and oxygen atoms in total. The highest BCUT2D eigenvalue weighted by Gasteiger charge is 2.27. The summed E-state index contributed by atoms with van der Waals surface area (Å²) in [5.74, 6) is -0.630. The van der Waals surface area contributed by atoms with Crippen LogP contribution < -0.4 is 9.80 Å². The maximum atomic E-state index is 13.8. The molecule has 1 aromatic carbocycles. The van der Waals surface area contributed by atoms with Crippen LogP contribution in [0.2, 0.25) is 0 Å². The highest BCUT2D eigenvalue weighted by Crippen LogP contribution is 2.34. The fourth-order valence-corrected chi connectivity index (χ4v) is 2.94. The largest absolute Gasteiger partial charge is 0.368 e.